The zero-order valence-electron chi connectivity index (χ0n) is 12.0. The van der Waals surface area contributed by atoms with Crippen LogP contribution < -0.4 is 11.1 Å². The Labute approximate surface area is 112 Å². The van der Waals surface area contributed by atoms with Crippen molar-refractivity contribution >= 4 is 5.91 Å². The molecule has 1 atom stereocenters. The van der Waals surface area contributed by atoms with E-state index in [2.05, 4.69) is 12.2 Å². The van der Waals surface area contributed by atoms with Crippen LogP contribution in [0.1, 0.15) is 51.9 Å². The largest absolute Gasteiger partial charge is 0.385 e. The number of carbonyl (C=O) groups excluding carboxylic acids is 1. The van der Waals surface area contributed by atoms with E-state index in [4.69, 9.17) is 10.5 Å². The van der Waals surface area contributed by atoms with E-state index in [9.17, 15) is 4.79 Å². The van der Waals surface area contributed by atoms with E-state index in [1.165, 1.54) is 0 Å². The lowest BCUT2D eigenvalue weighted by Gasteiger charge is -2.13. The lowest BCUT2D eigenvalue weighted by molar-refractivity contribution is -0.121. The van der Waals surface area contributed by atoms with Crippen LogP contribution in [0.4, 0.5) is 0 Å². The van der Waals surface area contributed by atoms with E-state index in [0.29, 0.717) is 12.3 Å². The van der Waals surface area contributed by atoms with Crippen molar-refractivity contribution in [3.63, 3.8) is 0 Å². The minimum absolute atomic E-state index is 0.178. The fourth-order valence-corrected chi connectivity index (χ4v) is 1.99. The molecule has 3 N–H and O–H groups in total. The average Bonchev–Trinajstić information content (AvgIpc) is 2.38. The molecule has 4 heteroatoms. The third-order valence-corrected chi connectivity index (χ3v) is 3.28. The molecule has 0 spiro atoms. The molecule has 0 rings (SSSR count). The second-order valence-corrected chi connectivity index (χ2v) is 4.79. The predicted molar refractivity (Wildman–Crippen MR) is 75.4 cm³/mol. The summed E-state index contributed by atoms with van der Waals surface area (Å²) < 4.78 is 4.97. The molecule has 0 aliphatic carbocycles. The van der Waals surface area contributed by atoms with Crippen LogP contribution in [-0.4, -0.2) is 32.7 Å². The predicted octanol–water partition coefficient (Wildman–Crippen LogP) is 2.07. The molecule has 0 bridgehead atoms. The van der Waals surface area contributed by atoms with E-state index in [1.807, 2.05) is 0 Å². The molecule has 1 amide bonds. The third kappa shape index (κ3) is 10.5. The fourth-order valence-electron chi connectivity index (χ4n) is 1.99. The molecular formula is C14H30N2O2. The van der Waals surface area contributed by atoms with Crippen LogP contribution >= 0.6 is 0 Å². The van der Waals surface area contributed by atoms with Gasteiger partial charge in [-0.3, -0.25) is 4.79 Å². The zero-order valence-corrected chi connectivity index (χ0v) is 12.0. The van der Waals surface area contributed by atoms with Gasteiger partial charge in [-0.25, -0.2) is 0 Å². The molecule has 0 saturated heterocycles. The van der Waals surface area contributed by atoms with Gasteiger partial charge < -0.3 is 15.8 Å². The number of nitrogens with two attached hydrogens (primary N) is 1. The summed E-state index contributed by atoms with van der Waals surface area (Å²) >= 11 is 0. The van der Waals surface area contributed by atoms with Gasteiger partial charge in [0.2, 0.25) is 5.91 Å². The number of nitrogens with one attached hydrogen (secondary N) is 1. The first kappa shape index (κ1) is 17.4. The summed E-state index contributed by atoms with van der Waals surface area (Å²) in [5, 5.41) is 2.97. The monoisotopic (exact) mass is 258 g/mol. The molecule has 0 heterocycles. The number of amides is 1. The molecule has 0 aliphatic rings. The van der Waals surface area contributed by atoms with Crippen molar-refractivity contribution in [2.45, 2.75) is 51.9 Å². The fraction of sp³-hybridized carbons (Fsp3) is 0.929. The molecule has 0 saturated carbocycles. The van der Waals surface area contributed by atoms with Gasteiger partial charge in [0.15, 0.2) is 0 Å². The average molecular weight is 258 g/mol. The number of ether oxygens (including phenoxy) is 1. The summed E-state index contributed by atoms with van der Waals surface area (Å²) in [6.45, 7) is 4.48. The van der Waals surface area contributed by atoms with E-state index in [-0.39, 0.29) is 5.91 Å². The first-order chi connectivity index (χ1) is 8.74. The number of hydrogen-bond acceptors (Lipinski definition) is 3. The van der Waals surface area contributed by atoms with Gasteiger partial charge in [0.1, 0.15) is 0 Å². The summed E-state index contributed by atoms with van der Waals surface area (Å²) in [4.78, 5) is 11.6. The molecular weight excluding hydrogens is 228 g/mol. The summed E-state index contributed by atoms with van der Waals surface area (Å²) in [5.41, 5.74) is 5.54. The van der Waals surface area contributed by atoms with E-state index in [0.717, 1.165) is 58.2 Å². The van der Waals surface area contributed by atoms with Gasteiger partial charge in [0.05, 0.1) is 0 Å². The van der Waals surface area contributed by atoms with Crippen LogP contribution in [0.5, 0.6) is 0 Å². The van der Waals surface area contributed by atoms with Gasteiger partial charge in [-0.15, -0.1) is 0 Å². The lowest BCUT2D eigenvalue weighted by atomic mass is 9.96. The van der Waals surface area contributed by atoms with Crippen molar-refractivity contribution in [2.24, 2.45) is 11.7 Å². The minimum atomic E-state index is 0.178. The van der Waals surface area contributed by atoms with Crippen molar-refractivity contribution in [3.05, 3.63) is 0 Å². The van der Waals surface area contributed by atoms with Crippen LogP contribution in [0.3, 0.4) is 0 Å². The Bertz CT molecular complexity index is 198. The first-order valence-electron chi connectivity index (χ1n) is 7.20. The molecule has 108 valence electrons. The van der Waals surface area contributed by atoms with Crippen molar-refractivity contribution in [1.82, 2.24) is 5.32 Å². The molecule has 0 aromatic rings. The topological polar surface area (TPSA) is 64.4 Å². The minimum Gasteiger partial charge on any atom is -0.385 e. The summed E-state index contributed by atoms with van der Waals surface area (Å²) in [6, 6.07) is 0. The van der Waals surface area contributed by atoms with Crippen LogP contribution in [-0.2, 0) is 9.53 Å². The Morgan fingerprint density at radius 1 is 1.28 bits per heavy atom. The normalized spacial score (nSPS) is 12.4. The Hall–Kier alpha value is -0.610. The second-order valence-electron chi connectivity index (χ2n) is 4.79. The van der Waals surface area contributed by atoms with Gasteiger partial charge in [-0.05, 0) is 44.6 Å². The molecule has 18 heavy (non-hydrogen) atoms. The van der Waals surface area contributed by atoms with Gasteiger partial charge in [-0.1, -0.05) is 13.3 Å². The van der Waals surface area contributed by atoms with E-state index in [1.54, 1.807) is 7.11 Å². The SMILES string of the molecule is CCC(CCN)CCC(=O)NCCCCCOC. The number of hydrogen-bond donors (Lipinski definition) is 2. The summed E-state index contributed by atoms with van der Waals surface area (Å²) in [5.74, 6) is 0.777. The van der Waals surface area contributed by atoms with Gasteiger partial charge in [-0.2, -0.15) is 0 Å². The van der Waals surface area contributed by atoms with Crippen LogP contribution in [0, 0.1) is 5.92 Å². The third-order valence-electron chi connectivity index (χ3n) is 3.28. The quantitative estimate of drug-likeness (QED) is 0.527. The smallest absolute Gasteiger partial charge is 0.220 e. The van der Waals surface area contributed by atoms with Crippen LogP contribution in [0.2, 0.25) is 0 Å². The summed E-state index contributed by atoms with van der Waals surface area (Å²) in [6.07, 6.45) is 6.96. The van der Waals surface area contributed by atoms with Gasteiger partial charge in [0.25, 0.3) is 0 Å². The maximum atomic E-state index is 11.6. The van der Waals surface area contributed by atoms with Crippen LogP contribution in [0.15, 0.2) is 0 Å². The lowest BCUT2D eigenvalue weighted by Crippen LogP contribution is -2.25. The highest BCUT2D eigenvalue weighted by atomic mass is 16.5. The van der Waals surface area contributed by atoms with Gasteiger partial charge in [0, 0.05) is 26.7 Å². The second kappa shape index (κ2) is 12.8. The standard InChI is InChI=1S/C14H30N2O2/c1-3-13(9-10-15)7-8-14(17)16-11-5-4-6-12-18-2/h13H,3-12,15H2,1-2H3,(H,16,17). The van der Waals surface area contributed by atoms with Crippen molar-refractivity contribution in [3.8, 4) is 0 Å². The van der Waals surface area contributed by atoms with Crippen LogP contribution in [0.25, 0.3) is 0 Å². The van der Waals surface area contributed by atoms with E-state index < -0.39 is 0 Å². The maximum Gasteiger partial charge on any atom is 0.220 e. The molecule has 1 unspecified atom stereocenters. The Kier molecular flexibility index (Phi) is 12.4. The molecule has 0 aliphatic heterocycles. The highest BCUT2D eigenvalue weighted by Gasteiger charge is 2.08. The maximum absolute atomic E-state index is 11.6. The Balaban J connectivity index is 3.41. The highest BCUT2D eigenvalue weighted by molar-refractivity contribution is 5.75. The first-order valence-corrected chi connectivity index (χ1v) is 7.20. The van der Waals surface area contributed by atoms with Gasteiger partial charge >= 0.3 is 0 Å². The molecule has 0 radical (unpaired) electrons. The number of unbranched alkanes of at least 4 members (excludes halogenated alkanes) is 2. The summed E-state index contributed by atoms with van der Waals surface area (Å²) in [7, 11) is 1.72. The zero-order chi connectivity index (χ0) is 13.6. The highest BCUT2D eigenvalue weighted by Crippen LogP contribution is 2.14. The molecule has 4 nitrogen and oxygen atoms in total. The van der Waals surface area contributed by atoms with E-state index >= 15 is 0 Å². The van der Waals surface area contributed by atoms with Crippen molar-refractivity contribution in [1.29, 1.82) is 0 Å². The van der Waals surface area contributed by atoms with Crippen molar-refractivity contribution < 1.29 is 9.53 Å². The number of methoxy groups -OCH3 is 1. The number of rotatable bonds is 12. The molecule has 0 aromatic heterocycles. The Morgan fingerprint density at radius 3 is 2.67 bits per heavy atom. The number of carbonyl (C=O) groups is 1. The Morgan fingerprint density at radius 2 is 2.06 bits per heavy atom. The molecule has 0 fully saturated rings. The van der Waals surface area contributed by atoms with Crippen molar-refractivity contribution in [2.75, 3.05) is 26.8 Å². The molecule has 0 aromatic carbocycles.